The lowest BCUT2D eigenvalue weighted by atomic mass is 9.78. The van der Waals surface area contributed by atoms with Crippen molar-refractivity contribution in [1.82, 2.24) is 15.1 Å². The summed E-state index contributed by atoms with van der Waals surface area (Å²) in [6.45, 7) is 5.85. The fourth-order valence-corrected chi connectivity index (χ4v) is 5.25. The highest BCUT2D eigenvalue weighted by Crippen LogP contribution is 2.47. The molecule has 5 heteroatoms. The second kappa shape index (κ2) is 8.46. The summed E-state index contributed by atoms with van der Waals surface area (Å²) in [5.41, 5.74) is 3.73. The van der Waals surface area contributed by atoms with Crippen molar-refractivity contribution in [2.45, 2.75) is 50.6 Å². The minimum atomic E-state index is -0.394. The Hall–Kier alpha value is -2.66. The number of rotatable bonds is 6. The Balaban J connectivity index is 1.50. The van der Waals surface area contributed by atoms with Gasteiger partial charge in [0.15, 0.2) is 0 Å². The summed E-state index contributed by atoms with van der Waals surface area (Å²) in [5, 5.41) is 3.21. The van der Waals surface area contributed by atoms with E-state index in [4.69, 9.17) is 0 Å². The van der Waals surface area contributed by atoms with Crippen molar-refractivity contribution in [2.24, 2.45) is 0 Å². The number of benzene rings is 2. The maximum Gasteiger partial charge on any atom is 0.254 e. The second-order valence-electron chi connectivity index (χ2n) is 9.21. The summed E-state index contributed by atoms with van der Waals surface area (Å²) in [6.07, 6.45) is 4.52. The van der Waals surface area contributed by atoms with Crippen LogP contribution in [0.3, 0.4) is 0 Å². The maximum absolute atomic E-state index is 13.6. The van der Waals surface area contributed by atoms with Crippen LogP contribution in [0.2, 0.25) is 0 Å². The number of fused-ring (bicyclic) bond motifs is 1. The Labute approximate surface area is 184 Å². The molecular formula is C26H31N3O2. The van der Waals surface area contributed by atoms with Gasteiger partial charge in [-0.3, -0.25) is 9.59 Å². The van der Waals surface area contributed by atoms with E-state index in [1.165, 1.54) is 12.8 Å². The minimum Gasteiger partial charge on any atom is -0.354 e. The summed E-state index contributed by atoms with van der Waals surface area (Å²) in [4.78, 5) is 31.6. The molecule has 5 nitrogen and oxygen atoms in total. The highest BCUT2D eigenvalue weighted by Gasteiger charge is 2.48. The van der Waals surface area contributed by atoms with Crippen LogP contribution < -0.4 is 5.32 Å². The Morgan fingerprint density at radius 3 is 2.58 bits per heavy atom. The SMILES string of the molecule is Cc1cccc(C2C(C(=O)NCCN3CCCC3)c3ccccc3C(=O)N2C2CC2)c1. The summed E-state index contributed by atoms with van der Waals surface area (Å²) in [6, 6.07) is 15.9. The number of carbonyl (C=O) groups excluding carboxylic acids is 2. The molecule has 1 aliphatic carbocycles. The molecule has 5 rings (SSSR count). The normalized spacial score (nSPS) is 23.6. The Kier molecular flexibility index (Phi) is 5.53. The maximum atomic E-state index is 13.6. The smallest absolute Gasteiger partial charge is 0.254 e. The highest BCUT2D eigenvalue weighted by atomic mass is 16.2. The summed E-state index contributed by atoms with van der Waals surface area (Å²) < 4.78 is 0. The van der Waals surface area contributed by atoms with Crippen LogP contribution in [0.1, 0.15) is 64.7 Å². The molecule has 31 heavy (non-hydrogen) atoms. The standard InChI is InChI=1S/C26H31N3O2/c1-18-7-6-8-19(17-18)24-23(25(30)27-13-16-28-14-4-5-15-28)21-9-2-3-10-22(21)26(31)29(24)20-11-12-20/h2-3,6-10,17,20,23-24H,4-5,11-16H2,1H3,(H,27,30). The Morgan fingerprint density at radius 2 is 1.84 bits per heavy atom. The van der Waals surface area contributed by atoms with Crippen LogP contribution >= 0.6 is 0 Å². The predicted octanol–water partition coefficient (Wildman–Crippen LogP) is 3.65. The molecule has 162 valence electrons. The van der Waals surface area contributed by atoms with Crippen LogP contribution in [-0.2, 0) is 4.79 Å². The van der Waals surface area contributed by atoms with Crippen LogP contribution in [0.5, 0.6) is 0 Å². The Bertz CT molecular complexity index is 978. The van der Waals surface area contributed by atoms with Gasteiger partial charge in [-0.25, -0.2) is 0 Å². The number of nitrogens with zero attached hydrogens (tertiary/aromatic N) is 2. The van der Waals surface area contributed by atoms with Crippen molar-refractivity contribution in [2.75, 3.05) is 26.2 Å². The van der Waals surface area contributed by atoms with E-state index >= 15 is 0 Å². The van der Waals surface area contributed by atoms with Crippen LogP contribution in [-0.4, -0.2) is 53.8 Å². The molecule has 0 bridgehead atoms. The van der Waals surface area contributed by atoms with E-state index in [2.05, 4.69) is 35.3 Å². The van der Waals surface area contributed by atoms with E-state index in [0.717, 1.165) is 49.2 Å². The molecule has 3 aliphatic rings. The van der Waals surface area contributed by atoms with E-state index in [0.29, 0.717) is 12.1 Å². The van der Waals surface area contributed by atoms with E-state index in [-0.39, 0.29) is 23.9 Å². The number of hydrogen-bond donors (Lipinski definition) is 1. The van der Waals surface area contributed by atoms with E-state index in [1.807, 2.05) is 35.2 Å². The third-order valence-electron chi connectivity index (χ3n) is 6.91. The molecule has 2 unspecified atom stereocenters. The van der Waals surface area contributed by atoms with Crippen molar-refractivity contribution in [3.8, 4) is 0 Å². The summed E-state index contributed by atoms with van der Waals surface area (Å²) >= 11 is 0. The van der Waals surface area contributed by atoms with Gasteiger partial charge in [0, 0.05) is 24.7 Å². The molecule has 1 saturated carbocycles. The number of hydrogen-bond acceptors (Lipinski definition) is 3. The third-order valence-corrected chi connectivity index (χ3v) is 6.91. The Morgan fingerprint density at radius 1 is 1.06 bits per heavy atom. The molecule has 1 saturated heterocycles. The lowest BCUT2D eigenvalue weighted by Gasteiger charge is -2.42. The van der Waals surface area contributed by atoms with Gasteiger partial charge in [0.1, 0.15) is 0 Å². The number of nitrogens with one attached hydrogen (secondary N) is 1. The predicted molar refractivity (Wildman–Crippen MR) is 121 cm³/mol. The molecule has 0 aromatic heterocycles. The first-order valence-corrected chi connectivity index (χ1v) is 11.6. The number of aryl methyl sites for hydroxylation is 1. The van der Waals surface area contributed by atoms with Crippen LogP contribution in [0.15, 0.2) is 48.5 Å². The average Bonchev–Trinajstić information content (AvgIpc) is 3.48. The highest BCUT2D eigenvalue weighted by molar-refractivity contribution is 6.01. The fourth-order valence-electron chi connectivity index (χ4n) is 5.25. The topological polar surface area (TPSA) is 52.7 Å². The first-order valence-electron chi connectivity index (χ1n) is 11.6. The van der Waals surface area contributed by atoms with Crippen molar-refractivity contribution < 1.29 is 9.59 Å². The third kappa shape index (κ3) is 3.99. The van der Waals surface area contributed by atoms with E-state index < -0.39 is 5.92 Å². The molecule has 1 N–H and O–H groups in total. The van der Waals surface area contributed by atoms with Gasteiger partial charge in [0.2, 0.25) is 5.91 Å². The fraction of sp³-hybridized carbons (Fsp3) is 0.462. The van der Waals surface area contributed by atoms with Crippen LogP contribution in [0.25, 0.3) is 0 Å². The van der Waals surface area contributed by atoms with E-state index in [9.17, 15) is 9.59 Å². The molecule has 0 spiro atoms. The molecular weight excluding hydrogens is 386 g/mol. The van der Waals surface area contributed by atoms with Gasteiger partial charge in [-0.05, 0) is 62.9 Å². The molecule has 2 aromatic rings. The molecule has 2 fully saturated rings. The zero-order valence-electron chi connectivity index (χ0n) is 18.2. The van der Waals surface area contributed by atoms with Crippen LogP contribution in [0.4, 0.5) is 0 Å². The summed E-state index contributed by atoms with van der Waals surface area (Å²) in [7, 11) is 0. The number of carbonyl (C=O) groups is 2. The lowest BCUT2D eigenvalue weighted by molar-refractivity contribution is -0.124. The number of likely N-dealkylation sites (tertiary alicyclic amines) is 1. The molecule has 2 amide bonds. The van der Waals surface area contributed by atoms with Crippen molar-refractivity contribution in [3.63, 3.8) is 0 Å². The molecule has 2 aromatic carbocycles. The number of amides is 2. The van der Waals surface area contributed by atoms with Gasteiger partial charge in [-0.2, -0.15) is 0 Å². The van der Waals surface area contributed by atoms with Gasteiger partial charge in [-0.15, -0.1) is 0 Å². The van der Waals surface area contributed by atoms with Crippen molar-refractivity contribution in [1.29, 1.82) is 0 Å². The molecule has 2 aliphatic heterocycles. The van der Waals surface area contributed by atoms with E-state index in [1.54, 1.807) is 0 Å². The second-order valence-corrected chi connectivity index (χ2v) is 9.21. The van der Waals surface area contributed by atoms with Gasteiger partial charge in [0.05, 0.1) is 12.0 Å². The lowest BCUT2D eigenvalue weighted by Crippen LogP contribution is -2.49. The molecule has 0 radical (unpaired) electrons. The average molecular weight is 418 g/mol. The summed E-state index contributed by atoms with van der Waals surface area (Å²) in [5.74, 6) is -0.308. The van der Waals surface area contributed by atoms with Gasteiger partial charge in [0.25, 0.3) is 5.91 Å². The molecule has 2 atom stereocenters. The van der Waals surface area contributed by atoms with Crippen molar-refractivity contribution >= 4 is 11.8 Å². The van der Waals surface area contributed by atoms with Crippen LogP contribution in [0, 0.1) is 6.92 Å². The first-order chi connectivity index (χ1) is 15.1. The molecule has 2 heterocycles. The monoisotopic (exact) mass is 417 g/mol. The largest absolute Gasteiger partial charge is 0.354 e. The zero-order valence-corrected chi connectivity index (χ0v) is 18.2. The first kappa shape index (κ1) is 20.3. The minimum absolute atomic E-state index is 0.0244. The van der Waals surface area contributed by atoms with Gasteiger partial charge < -0.3 is 15.1 Å². The quantitative estimate of drug-likeness (QED) is 0.781. The van der Waals surface area contributed by atoms with Crippen molar-refractivity contribution in [3.05, 3.63) is 70.8 Å². The van der Waals surface area contributed by atoms with Gasteiger partial charge >= 0.3 is 0 Å². The zero-order chi connectivity index (χ0) is 21.4. The van der Waals surface area contributed by atoms with Gasteiger partial charge in [-0.1, -0.05) is 48.0 Å².